The third-order valence-electron chi connectivity index (χ3n) is 14.0. The predicted octanol–water partition coefficient (Wildman–Crippen LogP) is 17.4. The molecular weight excluding hydrogens is 993 g/mol. The van der Waals surface area contributed by atoms with Gasteiger partial charge >= 0.3 is 0 Å². The van der Waals surface area contributed by atoms with Gasteiger partial charge in [-0.1, -0.05) is 137 Å². The molecule has 0 bridgehead atoms. The molecule has 0 N–H and O–H groups in total. The highest BCUT2D eigenvalue weighted by Gasteiger charge is 2.57. The van der Waals surface area contributed by atoms with Crippen LogP contribution in [-0.4, -0.2) is 0 Å². The minimum atomic E-state index is 0.0226. The van der Waals surface area contributed by atoms with E-state index in [-0.39, 0.29) is 16.2 Å². The molecule has 4 aromatic rings. The van der Waals surface area contributed by atoms with Crippen molar-refractivity contribution in [1.29, 1.82) is 0 Å². The summed E-state index contributed by atoms with van der Waals surface area (Å²) in [7, 11) is 0. The predicted molar refractivity (Wildman–Crippen MR) is 260 cm³/mol. The monoisotopic (exact) mass is 1060 g/mol. The topological polar surface area (TPSA) is 0 Å². The Balaban J connectivity index is 1.79. The Hall–Kier alpha value is -0.930. The van der Waals surface area contributed by atoms with Gasteiger partial charge in [-0.2, -0.15) is 0 Å². The van der Waals surface area contributed by atoms with Crippen LogP contribution in [0.5, 0.6) is 0 Å². The summed E-state index contributed by atoms with van der Waals surface area (Å²) in [4.78, 5) is 0. The van der Waals surface area contributed by atoms with Crippen LogP contribution >= 0.6 is 67.8 Å². The summed E-state index contributed by atoms with van der Waals surface area (Å²) in [6, 6.07) is 23.1. The quantitative estimate of drug-likeness (QED) is 0.0871. The molecule has 0 nitrogen and oxygen atoms in total. The fourth-order valence-electron chi connectivity index (χ4n) is 11.6. The Morgan fingerprint density at radius 3 is 0.778 bits per heavy atom. The molecule has 0 unspecified atom stereocenters. The van der Waals surface area contributed by atoms with Crippen LogP contribution < -0.4 is 0 Å². The summed E-state index contributed by atoms with van der Waals surface area (Å²) in [5, 5.41) is 0. The van der Waals surface area contributed by atoms with E-state index < -0.39 is 0 Å². The highest BCUT2D eigenvalue weighted by atomic mass is 127. The lowest BCUT2D eigenvalue weighted by atomic mass is 9.63. The maximum atomic E-state index is 2.63. The number of fused-ring (bicyclic) bond motifs is 12. The van der Waals surface area contributed by atoms with Gasteiger partial charge in [-0.3, -0.25) is 0 Å². The largest absolute Gasteiger partial charge is 0.0654 e. The Labute approximate surface area is 369 Å². The van der Waals surface area contributed by atoms with Gasteiger partial charge in [0.05, 0.1) is 0 Å². The Morgan fingerprint density at radius 1 is 0.352 bits per heavy atom. The summed E-state index contributed by atoms with van der Waals surface area (Å²) >= 11 is 7.87. The fourth-order valence-corrected chi connectivity index (χ4v) is 13.1. The zero-order valence-corrected chi connectivity index (χ0v) is 40.5. The molecule has 54 heavy (non-hydrogen) atoms. The van der Waals surface area contributed by atoms with Crippen molar-refractivity contribution in [2.75, 3.05) is 0 Å². The minimum Gasteiger partial charge on any atom is -0.0654 e. The average Bonchev–Trinajstić information content (AvgIpc) is 3.72. The fraction of sp³-hybridized carbons (Fsp3) is 0.529. The number of hydrogen-bond donors (Lipinski definition) is 0. The van der Waals surface area contributed by atoms with E-state index in [4.69, 9.17) is 0 Å². The molecule has 0 radical (unpaired) electrons. The van der Waals surface area contributed by atoms with Crippen LogP contribution in [0.4, 0.5) is 0 Å². The maximum Gasteiger partial charge on any atom is 0.0221 e. The number of hydrogen-bond acceptors (Lipinski definition) is 0. The van der Waals surface area contributed by atoms with Crippen molar-refractivity contribution in [3.05, 3.63) is 98.7 Å². The molecular formula is C51H63I3. The number of rotatable bonds is 18. The summed E-state index contributed by atoms with van der Waals surface area (Å²) < 4.78 is 4.13. The first kappa shape index (κ1) is 41.2. The van der Waals surface area contributed by atoms with E-state index in [2.05, 4.69) is 164 Å². The summed E-state index contributed by atoms with van der Waals surface area (Å²) in [5.41, 5.74) is 20.0. The SMILES string of the molecule is CCCCC1(CCCC)c2ccc(I)cc2-c2c1c1c(c3c2C(CCCC)(CCCC)c2ccc(I)cc2-3)C(CCCC)(CCCC)c2ccc(I)cc2-1. The Kier molecular flexibility index (Phi) is 13.1. The van der Waals surface area contributed by atoms with Crippen LogP contribution in [0.3, 0.4) is 0 Å². The molecule has 0 saturated carbocycles. The molecule has 0 saturated heterocycles. The molecule has 288 valence electrons. The van der Waals surface area contributed by atoms with Crippen LogP contribution in [-0.2, 0) is 16.2 Å². The van der Waals surface area contributed by atoms with Gasteiger partial charge < -0.3 is 0 Å². The van der Waals surface area contributed by atoms with Gasteiger partial charge in [0, 0.05) is 27.0 Å². The molecule has 7 rings (SSSR count). The lowest BCUT2D eigenvalue weighted by Crippen LogP contribution is -2.31. The third-order valence-corrected chi connectivity index (χ3v) is 16.0. The average molecular weight is 1060 g/mol. The lowest BCUT2D eigenvalue weighted by Gasteiger charge is -2.39. The van der Waals surface area contributed by atoms with E-state index in [0.717, 1.165) is 0 Å². The van der Waals surface area contributed by atoms with Gasteiger partial charge in [0.2, 0.25) is 0 Å². The van der Waals surface area contributed by atoms with Crippen molar-refractivity contribution >= 4 is 67.8 Å². The molecule has 0 amide bonds. The van der Waals surface area contributed by atoms with Gasteiger partial charge in [-0.15, -0.1) is 0 Å². The highest BCUT2D eigenvalue weighted by molar-refractivity contribution is 14.1. The van der Waals surface area contributed by atoms with Gasteiger partial charge in [-0.25, -0.2) is 0 Å². The Morgan fingerprint density at radius 2 is 0.574 bits per heavy atom. The number of unbranched alkanes of at least 4 members (excludes halogenated alkanes) is 6. The normalized spacial score (nSPS) is 16.2. The molecule has 0 atom stereocenters. The number of halogens is 3. The smallest absolute Gasteiger partial charge is 0.0221 e. The summed E-state index contributed by atoms with van der Waals surface area (Å²) in [5.74, 6) is 0. The van der Waals surface area contributed by atoms with Gasteiger partial charge in [0.1, 0.15) is 0 Å². The van der Waals surface area contributed by atoms with Gasteiger partial charge in [0.25, 0.3) is 0 Å². The van der Waals surface area contributed by atoms with E-state index in [1.165, 1.54) is 126 Å². The molecule has 4 aromatic carbocycles. The Bertz CT molecular complexity index is 1730. The van der Waals surface area contributed by atoms with Crippen molar-refractivity contribution in [3.63, 3.8) is 0 Å². The van der Waals surface area contributed by atoms with E-state index >= 15 is 0 Å². The molecule has 0 aliphatic heterocycles. The van der Waals surface area contributed by atoms with E-state index in [0.29, 0.717) is 0 Å². The zero-order chi connectivity index (χ0) is 38.3. The van der Waals surface area contributed by atoms with Crippen LogP contribution in [0.1, 0.15) is 190 Å². The van der Waals surface area contributed by atoms with E-state index in [1.807, 2.05) is 0 Å². The van der Waals surface area contributed by atoms with Gasteiger partial charge in [0.15, 0.2) is 0 Å². The van der Waals surface area contributed by atoms with Crippen molar-refractivity contribution in [1.82, 2.24) is 0 Å². The third kappa shape index (κ3) is 6.53. The van der Waals surface area contributed by atoms with Crippen molar-refractivity contribution in [2.24, 2.45) is 0 Å². The maximum absolute atomic E-state index is 2.63. The van der Waals surface area contributed by atoms with Gasteiger partial charge in [-0.05, 0) is 209 Å². The first-order chi connectivity index (χ1) is 26.2. The second-order valence-corrected chi connectivity index (χ2v) is 20.9. The highest BCUT2D eigenvalue weighted by Crippen LogP contribution is 2.71. The molecule has 0 aromatic heterocycles. The molecule has 3 aliphatic rings. The molecule has 3 heteroatoms. The molecule has 3 aliphatic carbocycles. The first-order valence-corrected chi connectivity index (χ1v) is 25.1. The second-order valence-electron chi connectivity index (χ2n) is 17.2. The molecule has 0 heterocycles. The van der Waals surface area contributed by atoms with E-state index in [1.54, 1.807) is 66.8 Å². The summed E-state index contributed by atoms with van der Waals surface area (Å²) in [6.07, 6.45) is 22.5. The minimum absolute atomic E-state index is 0.0226. The van der Waals surface area contributed by atoms with Crippen LogP contribution in [0.15, 0.2) is 54.6 Å². The standard InChI is InChI=1S/C51H63I3/c1-7-13-25-49(26-14-8-2)40-22-19-34(52)31-37(40)43-46(49)44-38-32-35(53)20-23-41(38)50(27-15-9-3,28-16-10-4)48(44)45-39-33-36(54)21-24-42(39)51(47(43)45,29-17-11-5)30-18-12-6/h19-24,31-33H,7-18,25-30H2,1-6H3. The first-order valence-electron chi connectivity index (χ1n) is 21.9. The van der Waals surface area contributed by atoms with Crippen LogP contribution in [0, 0.1) is 10.7 Å². The van der Waals surface area contributed by atoms with Crippen molar-refractivity contribution in [2.45, 2.75) is 173 Å². The van der Waals surface area contributed by atoms with Crippen molar-refractivity contribution < 1.29 is 0 Å². The molecule has 0 fully saturated rings. The van der Waals surface area contributed by atoms with Crippen molar-refractivity contribution in [3.8, 4) is 33.4 Å². The summed E-state index contributed by atoms with van der Waals surface area (Å²) in [6.45, 7) is 14.5. The second kappa shape index (κ2) is 17.1. The van der Waals surface area contributed by atoms with Crippen LogP contribution in [0.25, 0.3) is 33.4 Å². The molecule has 0 spiro atoms. The number of benzene rings is 4. The lowest BCUT2D eigenvalue weighted by molar-refractivity contribution is 0.401. The van der Waals surface area contributed by atoms with Crippen LogP contribution in [0.2, 0.25) is 0 Å². The zero-order valence-electron chi connectivity index (χ0n) is 34.1. The van der Waals surface area contributed by atoms with E-state index in [9.17, 15) is 0 Å².